The van der Waals surface area contributed by atoms with E-state index in [1.54, 1.807) is 6.92 Å². The van der Waals surface area contributed by atoms with Gasteiger partial charge in [0.15, 0.2) is 23.3 Å². The van der Waals surface area contributed by atoms with Crippen LogP contribution in [-0.2, 0) is 40.3 Å². The van der Waals surface area contributed by atoms with Crippen LogP contribution in [-0.4, -0.2) is 89.2 Å². The van der Waals surface area contributed by atoms with Crippen LogP contribution in [0.1, 0.15) is 6.92 Å². The van der Waals surface area contributed by atoms with Gasteiger partial charge in [0.2, 0.25) is 20.0 Å². The summed E-state index contributed by atoms with van der Waals surface area (Å²) in [6.45, 7) is 1.73. The average molecular weight is 861 g/mol. The fourth-order valence-corrected chi connectivity index (χ4v) is 9.27. The van der Waals surface area contributed by atoms with Crippen molar-refractivity contribution in [2.75, 3.05) is 6.54 Å². The molecule has 4 aromatic carbocycles. The van der Waals surface area contributed by atoms with E-state index in [1.165, 1.54) is 48.5 Å². The van der Waals surface area contributed by atoms with Gasteiger partial charge >= 0.3 is 0 Å². The van der Waals surface area contributed by atoms with Crippen LogP contribution in [0.25, 0.3) is 89.7 Å². The fraction of sp³-hybridized carbons (Fsp3) is 0.0588. The molecule has 0 spiro atoms. The highest BCUT2D eigenvalue weighted by Gasteiger charge is 2.26. The third kappa shape index (κ3) is 6.27. The Morgan fingerprint density at radius 1 is 0.500 bits per heavy atom. The molecule has 0 saturated carbocycles. The second-order valence-corrected chi connectivity index (χ2v) is 19.1. The van der Waals surface area contributed by atoms with Crippen molar-refractivity contribution in [2.45, 2.75) is 26.5 Å². The Kier molecular flexibility index (Phi) is 8.19. The van der Waals surface area contributed by atoms with Crippen molar-refractivity contribution in [3.8, 4) is 45.6 Å². The number of rotatable bonds is 6. The monoisotopic (exact) mass is 860 g/mol. The van der Waals surface area contributed by atoms with Crippen LogP contribution in [0, 0.1) is 0 Å². The molecule has 2 aliphatic heterocycles. The maximum absolute atomic E-state index is 13.1. The summed E-state index contributed by atoms with van der Waals surface area (Å²) in [6, 6.07) is 15.4. The molecule has 7 aromatic rings. The molecular weight excluding hydrogens is 837 g/mol. The molecule has 3 aromatic heterocycles. The van der Waals surface area contributed by atoms with Gasteiger partial charge < -0.3 is 9.97 Å². The minimum atomic E-state index is -4.72. The lowest BCUT2D eigenvalue weighted by Crippen LogP contribution is -2.23. The first-order chi connectivity index (χ1) is 27.3. The van der Waals surface area contributed by atoms with Gasteiger partial charge in [-0.3, -0.25) is 9.11 Å². The van der Waals surface area contributed by atoms with Gasteiger partial charge in [-0.2, -0.15) is 16.8 Å². The summed E-state index contributed by atoms with van der Waals surface area (Å²) in [7, 11) is -17.6. The number of aromatic nitrogens is 8. The number of nitrogens with one attached hydrogen (secondary N) is 3. The zero-order chi connectivity index (χ0) is 41.1. The number of sulfonamides is 2. The third-order valence-electron chi connectivity index (χ3n) is 9.29. The zero-order valence-electron chi connectivity index (χ0n) is 29.2. The first kappa shape index (κ1) is 37.5. The minimum Gasteiger partial charge on any atom is -0.324 e. The van der Waals surface area contributed by atoms with E-state index in [9.17, 15) is 42.8 Å². The molecule has 9 rings (SSSR count). The van der Waals surface area contributed by atoms with E-state index >= 15 is 0 Å². The van der Waals surface area contributed by atoms with Crippen LogP contribution in [0.2, 0.25) is 0 Å². The molecule has 0 radical (unpaired) electrons. The molecule has 0 fully saturated rings. The van der Waals surface area contributed by atoms with Crippen molar-refractivity contribution < 1.29 is 42.8 Å². The SMILES string of the molecule is CCNS(=O)(=O)c1ccc2c(c1)-c1nc-2nc2[nH]c(nc3nc(nc4[nH]c(n1)c1ccc(S(N)(=O)=O)cc41)-c1ccc(S(=O)(=O)O)cc1-3)c1ccc(S(=O)(=O)O)cc21. The summed E-state index contributed by atoms with van der Waals surface area (Å²) in [5, 5.41) is 6.43. The van der Waals surface area contributed by atoms with Gasteiger partial charge in [-0.25, -0.2) is 56.6 Å². The Morgan fingerprint density at radius 3 is 1.34 bits per heavy atom. The molecule has 24 heteroatoms. The van der Waals surface area contributed by atoms with E-state index in [-0.39, 0.29) is 95.1 Å². The van der Waals surface area contributed by atoms with Gasteiger partial charge in [0.1, 0.15) is 22.6 Å². The Hall–Kier alpha value is -6.12. The van der Waals surface area contributed by atoms with E-state index < -0.39 is 50.1 Å². The molecule has 0 amide bonds. The average Bonchev–Trinajstić information content (AvgIpc) is 3.88. The lowest BCUT2D eigenvalue weighted by molar-refractivity contribution is 0.481. The lowest BCUT2D eigenvalue weighted by atomic mass is 10.1. The summed E-state index contributed by atoms with van der Waals surface area (Å²) < 4.78 is 122. The molecule has 5 heterocycles. The smallest absolute Gasteiger partial charge is 0.294 e. The first-order valence-electron chi connectivity index (χ1n) is 16.7. The predicted molar refractivity (Wildman–Crippen MR) is 208 cm³/mol. The molecule has 0 aliphatic carbocycles. The maximum Gasteiger partial charge on any atom is 0.294 e. The fourth-order valence-electron chi connectivity index (χ4n) is 6.65. The van der Waals surface area contributed by atoms with Crippen molar-refractivity contribution in [3.63, 3.8) is 0 Å². The number of nitrogens with two attached hydrogens (primary N) is 1. The van der Waals surface area contributed by atoms with Crippen molar-refractivity contribution in [2.24, 2.45) is 5.14 Å². The van der Waals surface area contributed by atoms with Gasteiger partial charge in [-0.1, -0.05) is 6.92 Å². The van der Waals surface area contributed by atoms with E-state index in [4.69, 9.17) is 20.1 Å². The highest BCUT2D eigenvalue weighted by molar-refractivity contribution is 7.89. The van der Waals surface area contributed by atoms with Gasteiger partial charge in [-0.05, 0) is 72.8 Å². The Morgan fingerprint density at radius 2 is 0.879 bits per heavy atom. The van der Waals surface area contributed by atoms with Crippen LogP contribution in [0.5, 0.6) is 0 Å². The highest BCUT2D eigenvalue weighted by Crippen LogP contribution is 2.39. The molecule has 20 nitrogen and oxygen atoms in total. The summed E-state index contributed by atoms with van der Waals surface area (Å²) in [4.78, 5) is 32.9. The summed E-state index contributed by atoms with van der Waals surface area (Å²) in [6.07, 6.45) is 0. The van der Waals surface area contributed by atoms with E-state index in [0.717, 1.165) is 24.3 Å². The van der Waals surface area contributed by atoms with Gasteiger partial charge in [0.05, 0.1) is 19.6 Å². The molecule has 2 aliphatic rings. The van der Waals surface area contributed by atoms with Gasteiger partial charge in [0, 0.05) is 50.3 Å². The molecule has 7 N–H and O–H groups in total. The van der Waals surface area contributed by atoms with Crippen LogP contribution in [0.4, 0.5) is 0 Å². The van der Waals surface area contributed by atoms with E-state index in [2.05, 4.69) is 29.6 Å². The summed E-state index contributed by atoms with van der Waals surface area (Å²) >= 11 is 0. The topological polar surface area (TPSA) is 324 Å². The number of nitrogens with zero attached hydrogens (tertiary/aromatic N) is 6. The van der Waals surface area contributed by atoms with Gasteiger partial charge in [-0.15, -0.1) is 0 Å². The molecule has 8 bridgehead atoms. The number of aromatic amines is 2. The van der Waals surface area contributed by atoms with Crippen molar-refractivity contribution in [1.82, 2.24) is 44.6 Å². The van der Waals surface area contributed by atoms with E-state index in [0.29, 0.717) is 10.9 Å². The standard InChI is InChI=1S/C34H24N10O10S4/c1-2-36-56(47,48)16-4-8-20-24(12-16)32-39-27-19-7-3-15(55(35,45)46)11-23(19)31(37-27)38-29-21-9-5-17(57(49,50)51)13-25(21)34(42-29)44-30-22-10-6-18(58(52,53)54)14-26(22)33(43-30)41-28(20)40-32/h3-14,36H,2H2,1H3,(H2,35,45,46)(H,49,50,51)(H,52,53,54)(H2,37,38,39,40,41,42,43,44). The zero-order valence-corrected chi connectivity index (χ0v) is 32.5. The predicted octanol–water partition coefficient (Wildman–Crippen LogP) is 3.31. The minimum absolute atomic E-state index is 0.00514. The number of hydrogen-bond acceptors (Lipinski definition) is 14. The van der Waals surface area contributed by atoms with E-state index in [1.807, 2.05) is 0 Å². The second kappa shape index (κ2) is 12.7. The van der Waals surface area contributed by atoms with Gasteiger partial charge in [0.25, 0.3) is 20.2 Å². The lowest BCUT2D eigenvalue weighted by Gasteiger charge is -2.06. The van der Waals surface area contributed by atoms with Crippen LogP contribution < -0.4 is 9.86 Å². The number of hydrogen-bond donors (Lipinski definition) is 6. The molecule has 294 valence electrons. The second-order valence-electron chi connectivity index (χ2n) is 12.9. The Labute approximate surface area is 326 Å². The Balaban J connectivity index is 1.48. The summed E-state index contributed by atoms with van der Waals surface area (Å²) in [5.41, 5.74) is 1.04. The molecule has 0 atom stereocenters. The van der Waals surface area contributed by atoms with Crippen LogP contribution in [0.3, 0.4) is 0 Å². The van der Waals surface area contributed by atoms with Crippen molar-refractivity contribution in [1.29, 1.82) is 0 Å². The van der Waals surface area contributed by atoms with Crippen molar-refractivity contribution >= 4 is 84.4 Å². The highest BCUT2D eigenvalue weighted by atomic mass is 32.2. The third-order valence-corrected chi connectivity index (χ3v) is 13.4. The molecule has 58 heavy (non-hydrogen) atoms. The van der Waals surface area contributed by atoms with Crippen molar-refractivity contribution in [3.05, 3.63) is 72.8 Å². The number of primary sulfonamides is 1. The summed E-state index contributed by atoms with van der Waals surface area (Å²) in [5.74, 6) is -0.185. The Bertz CT molecular complexity index is 3610. The number of fused-ring (bicyclic) bond motifs is 20. The van der Waals surface area contributed by atoms with Crippen LogP contribution >= 0.6 is 0 Å². The number of H-pyrrole nitrogens is 2. The number of benzene rings is 4. The van der Waals surface area contributed by atoms with Crippen LogP contribution in [0.15, 0.2) is 92.4 Å². The molecule has 0 saturated heterocycles. The largest absolute Gasteiger partial charge is 0.324 e. The molecular formula is C34H24N10O10S4. The normalized spacial score (nSPS) is 13.2. The quantitative estimate of drug-likeness (QED) is 0.131. The first-order valence-corrected chi connectivity index (χ1v) is 22.6. The maximum atomic E-state index is 13.1. The molecule has 0 unspecified atom stereocenters.